The molecule has 0 spiro atoms. The van der Waals surface area contributed by atoms with Gasteiger partial charge in [0.2, 0.25) is 11.8 Å². The lowest BCUT2D eigenvalue weighted by Crippen LogP contribution is -2.56. The molecule has 2 amide bonds. The number of nitrogens with one attached hydrogen (secondary N) is 1. The first-order valence-electron chi connectivity index (χ1n) is 7.47. The van der Waals surface area contributed by atoms with Crippen LogP contribution in [0.25, 0.3) is 0 Å². The minimum atomic E-state index is -0.0122. The molecule has 1 N–H and O–H groups in total. The van der Waals surface area contributed by atoms with Crippen molar-refractivity contribution >= 4 is 11.8 Å². The van der Waals surface area contributed by atoms with Gasteiger partial charge in [-0.3, -0.25) is 9.59 Å². The van der Waals surface area contributed by atoms with Gasteiger partial charge in [0, 0.05) is 31.8 Å². The Morgan fingerprint density at radius 3 is 2.50 bits per heavy atom. The van der Waals surface area contributed by atoms with Gasteiger partial charge in [-0.2, -0.15) is 0 Å². The zero-order chi connectivity index (χ0) is 14.5. The van der Waals surface area contributed by atoms with Gasteiger partial charge in [0.1, 0.15) is 0 Å². The van der Waals surface area contributed by atoms with E-state index in [9.17, 15) is 9.59 Å². The van der Waals surface area contributed by atoms with Crippen LogP contribution >= 0.6 is 0 Å². The minimum Gasteiger partial charge on any atom is -0.353 e. The Hall–Kier alpha value is -1.36. The Bertz CT molecular complexity index is 381. The smallest absolute Gasteiger partial charge is 0.246 e. The predicted octanol–water partition coefficient (Wildman–Crippen LogP) is 0.621. The summed E-state index contributed by atoms with van der Waals surface area (Å²) in [7, 11) is 3.92. The van der Waals surface area contributed by atoms with E-state index in [1.54, 1.807) is 11.0 Å². The van der Waals surface area contributed by atoms with Gasteiger partial charge >= 0.3 is 0 Å². The summed E-state index contributed by atoms with van der Waals surface area (Å²) in [6.45, 7) is 1.87. The van der Waals surface area contributed by atoms with Gasteiger partial charge in [0.15, 0.2) is 0 Å². The van der Waals surface area contributed by atoms with Crippen LogP contribution in [0.3, 0.4) is 0 Å². The van der Waals surface area contributed by atoms with Crippen molar-refractivity contribution in [2.75, 3.05) is 33.7 Å². The van der Waals surface area contributed by atoms with Gasteiger partial charge in [-0.25, -0.2) is 0 Å². The molecule has 2 rings (SSSR count). The van der Waals surface area contributed by atoms with Crippen LogP contribution in [0.4, 0.5) is 0 Å². The second-order valence-electron chi connectivity index (χ2n) is 6.09. The van der Waals surface area contributed by atoms with E-state index in [0.717, 1.165) is 19.4 Å². The fraction of sp³-hybridized carbons (Fsp3) is 0.733. The number of carbonyl (C=O) groups excluding carboxylic acids is 2. The van der Waals surface area contributed by atoms with E-state index in [1.807, 2.05) is 25.1 Å². The highest BCUT2D eigenvalue weighted by molar-refractivity contribution is 5.90. The Balaban J connectivity index is 1.66. The standard InChI is InChI=1S/C15H25N3O2/c1-17(2)9-5-8-14(19)18-10-12(11-18)15(20)16-13-6-3-4-7-13/h5,8,12-13H,3-4,6-7,9-11H2,1-2H3,(H,16,20)/b8-5+. The lowest BCUT2D eigenvalue weighted by Gasteiger charge is -2.38. The molecule has 0 atom stereocenters. The molecule has 0 unspecified atom stereocenters. The fourth-order valence-corrected chi connectivity index (χ4v) is 2.68. The molecule has 1 aliphatic carbocycles. The van der Waals surface area contributed by atoms with Crippen molar-refractivity contribution in [2.45, 2.75) is 31.7 Å². The summed E-state index contributed by atoms with van der Waals surface area (Å²) < 4.78 is 0. The second-order valence-corrected chi connectivity index (χ2v) is 6.09. The van der Waals surface area contributed by atoms with Crippen LogP contribution in [-0.2, 0) is 9.59 Å². The Labute approximate surface area is 121 Å². The first kappa shape index (κ1) is 15.0. The first-order valence-corrected chi connectivity index (χ1v) is 7.47. The average Bonchev–Trinajstić information content (AvgIpc) is 2.79. The van der Waals surface area contributed by atoms with Crippen LogP contribution in [0.15, 0.2) is 12.2 Å². The molecule has 1 saturated heterocycles. The van der Waals surface area contributed by atoms with Crippen molar-refractivity contribution in [2.24, 2.45) is 5.92 Å². The van der Waals surface area contributed by atoms with Crippen molar-refractivity contribution < 1.29 is 9.59 Å². The summed E-state index contributed by atoms with van der Waals surface area (Å²) in [5.74, 6) is 0.122. The van der Waals surface area contributed by atoms with E-state index in [-0.39, 0.29) is 17.7 Å². The van der Waals surface area contributed by atoms with Crippen molar-refractivity contribution in [3.63, 3.8) is 0 Å². The molecule has 2 fully saturated rings. The predicted molar refractivity (Wildman–Crippen MR) is 78.2 cm³/mol. The van der Waals surface area contributed by atoms with E-state index in [2.05, 4.69) is 5.32 Å². The van der Waals surface area contributed by atoms with E-state index in [0.29, 0.717) is 19.1 Å². The summed E-state index contributed by atoms with van der Waals surface area (Å²) in [6.07, 6.45) is 8.11. The van der Waals surface area contributed by atoms with Crippen molar-refractivity contribution in [3.05, 3.63) is 12.2 Å². The summed E-state index contributed by atoms with van der Waals surface area (Å²) in [6, 6.07) is 0.368. The van der Waals surface area contributed by atoms with Crippen LogP contribution in [0.1, 0.15) is 25.7 Å². The van der Waals surface area contributed by atoms with Gasteiger partial charge in [0.25, 0.3) is 0 Å². The van der Waals surface area contributed by atoms with E-state index >= 15 is 0 Å². The first-order chi connectivity index (χ1) is 9.56. The Morgan fingerprint density at radius 1 is 1.25 bits per heavy atom. The molecule has 0 aromatic rings. The van der Waals surface area contributed by atoms with Gasteiger partial charge in [-0.1, -0.05) is 18.9 Å². The third-order valence-corrected chi connectivity index (χ3v) is 4.00. The SMILES string of the molecule is CN(C)C/C=C/C(=O)N1CC(C(=O)NC2CCCC2)C1. The molecular weight excluding hydrogens is 254 g/mol. The number of carbonyl (C=O) groups is 2. The molecular formula is C15H25N3O2. The third-order valence-electron chi connectivity index (χ3n) is 4.00. The summed E-state index contributed by atoms with van der Waals surface area (Å²) in [5, 5.41) is 3.10. The monoisotopic (exact) mass is 279 g/mol. The highest BCUT2D eigenvalue weighted by Crippen LogP contribution is 2.20. The maximum absolute atomic E-state index is 12.0. The van der Waals surface area contributed by atoms with Gasteiger partial charge in [0.05, 0.1) is 5.92 Å². The van der Waals surface area contributed by atoms with Crippen LogP contribution in [0.5, 0.6) is 0 Å². The minimum absolute atomic E-state index is 0.0109. The van der Waals surface area contributed by atoms with Crippen LogP contribution in [-0.4, -0.2) is 61.4 Å². The number of hydrogen-bond acceptors (Lipinski definition) is 3. The average molecular weight is 279 g/mol. The number of rotatable bonds is 5. The number of hydrogen-bond donors (Lipinski definition) is 1. The topological polar surface area (TPSA) is 52.7 Å². The highest BCUT2D eigenvalue weighted by Gasteiger charge is 2.35. The molecule has 1 heterocycles. The molecule has 5 nitrogen and oxygen atoms in total. The lowest BCUT2D eigenvalue weighted by molar-refractivity contribution is -0.139. The van der Waals surface area contributed by atoms with Crippen LogP contribution in [0, 0.1) is 5.92 Å². The number of likely N-dealkylation sites (N-methyl/N-ethyl adjacent to an activating group) is 1. The highest BCUT2D eigenvalue weighted by atomic mass is 16.2. The molecule has 0 aromatic carbocycles. The summed E-state index contributed by atoms with van der Waals surface area (Å²) in [5.41, 5.74) is 0. The van der Waals surface area contributed by atoms with Crippen LogP contribution < -0.4 is 5.32 Å². The summed E-state index contributed by atoms with van der Waals surface area (Å²) >= 11 is 0. The third kappa shape index (κ3) is 4.07. The number of amides is 2. The van der Waals surface area contributed by atoms with E-state index in [1.165, 1.54) is 12.8 Å². The fourth-order valence-electron chi connectivity index (χ4n) is 2.68. The summed E-state index contributed by atoms with van der Waals surface area (Å²) in [4.78, 5) is 27.5. The zero-order valence-electron chi connectivity index (χ0n) is 12.5. The Kier molecular flexibility index (Phi) is 5.17. The molecule has 5 heteroatoms. The van der Waals surface area contributed by atoms with Gasteiger partial charge < -0.3 is 15.1 Å². The van der Waals surface area contributed by atoms with E-state index < -0.39 is 0 Å². The zero-order valence-corrected chi connectivity index (χ0v) is 12.5. The number of nitrogens with zero attached hydrogens (tertiary/aromatic N) is 2. The molecule has 1 saturated carbocycles. The number of likely N-dealkylation sites (tertiary alicyclic amines) is 1. The largest absolute Gasteiger partial charge is 0.353 e. The Morgan fingerprint density at radius 2 is 1.90 bits per heavy atom. The lowest BCUT2D eigenvalue weighted by atomic mass is 9.98. The molecule has 0 aromatic heterocycles. The normalized spacial score (nSPS) is 20.6. The van der Waals surface area contributed by atoms with E-state index in [4.69, 9.17) is 0 Å². The van der Waals surface area contributed by atoms with Crippen molar-refractivity contribution in [3.8, 4) is 0 Å². The molecule has 112 valence electrons. The molecule has 20 heavy (non-hydrogen) atoms. The van der Waals surface area contributed by atoms with Crippen molar-refractivity contribution in [1.29, 1.82) is 0 Å². The van der Waals surface area contributed by atoms with Crippen LogP contribution in [0.2, 0.25) is 0 Å². The quantitative estimate of drug-likeness (QED) is 0.751. The molecule has 0 bridgehead atoms. The van der Waals surface area contributed by atoms with Gasteiger partial charge in [-0.05, 0) is 26.9 Å². The van der Waals surface area contributed by atoms with Crippen molar-refractivity contribution in [1.82, 2.24) is 15.1 Å². The molecule has 0 radical (unpaired) electrons. The maximum Gasteiger partial charge on any atom is 0.246 e. The second kappa shape index (κ2) is 6.88. The van der Waals surface area contributed by atoms with Gasteiger partial charge in [-0.15, -0.1) is 0 Å². The molecule has 1 aliphatic heterocycles. The molecule has 2 aliphatic rings. The maximum atomic E-state index is 12.0.